The summed E-state index contributed by atoms with van der Waals surface area (Å²) in [6.07, 6.45) is 0.765. The lowest BCUT2D eigenvalue weighted by Crippen LogP contribution is -2.22. The van der Waals surface area contributed by atoms with Gasteiger partial charge in [-0.25, -0.2) is 4.39 Å². The van der Waals surface area contributed by atoms with Crippen LogP contribution in [0.5, 0.6) is 0 Å². The van der Waals surface area contributed by atoms with Crippen molar-refractivity contribution in [3.05, 3.63) is 31.6 Å². The Kier molecular flexibility index (Phi) is 4.00. The number of hydrogen-bond donors (Lipinski definition) is 1. The highest BCUT2D eigenvalue weighted by Gasteiger charge is 2.28. The summed E-state index contributed by atoms with van der Waals surface area (Å²) in [5, 5.41) is 20.1. The average molecular weight is 366 g/mol. The minimum Gasteiger partial charge on any atom is -0.396 e. The van der Waals surface area contributed by atoms with E-state index in [0.29, 0.717) is 18.8 Å². The Labute approximate surface area is 117 Å². The van der Waals surface area contributed by atoms with E-state index in [1.54, 1.807) is 27.5 Å². The zero-order valence-electron chi connectivity index (χ0n) is 9.47. The molecule has 18 heavy (non-hydrogen) atoms. The molecule has 7 heteroatoms. The van der Waals surface area contributed by atoms with Gasteiger partial charge in [-0.05, 0) is 29.0 Å². The molecule has 1 unspecified atom stereocenters. The van der Waals surface area contributed by atoms with Crippen molar-refractivity contribution in [2.24, 2.45) is 5.92 Å². The highest BCUT2D eigenvalue weighted by atomic mass is 127. The zero-order chi connectivity index (χ0) is 13.3. The van der Waals surface area contributed by atoms with Gasteiger partial charge in [-0.15, -0.1) is 0 Å². The van der Waals surface area contributed by atoms with Crippen LogP contribution in [-0.2, 0) is 0 Å². The predicted molar refractivity (Wildman–Crippen MR) is 73.2 cm³/mol. The number of anilines is 1. The number of aliphatic hydroxyl groups is 1. The molecule has 0 saturated carbocycles. The highest BCUT2D eigenvalue weighted by Crippen LogP contribution is 2.34. The number of aliphatic hydroxyl groups excluding tert-OH is 1. The summed E-state index contributed by atoms with van der Waals surface area (Å²) >= 11 is 1.74. The Morgan fingerprint density at radius 1 is 1.61 bits per heavy atom. The van der Waals surface area contributed by atoms with E-state index in [0.717, 1.165) is 6.42 Å². The van der Waals surface area contributed by atoms with E-state index < -0.39 is 10.7 Å². The summed E-state index contributed by atoms with van der Waals surface area (Å²) in [5.41, 5.74) is 0.216. The zero-order valence-corrected chi connectivity index (χ0v) is 11.6. The molecule has 1 N–H and O–H groups in total. The Hall–Kier alpha value is -0.960. The molecular formula is C11H12FIN2O3. The van der Waals surface area contributed by atoms with Crippen molar-refractivity contribution >= 4 is 34.0 Å². The van der Waals surface area contributed by atoms with Crippen LogP contribution in [-0.4, -0.2) is 29.7 Å². The molecule has 1 fully saturated rings. The van der Waals surface area contributed by atoms with E-state index in [1.807, 2.05) is 0 Å². The van der Waals surface area contributed by atoms with Crippen LogP contribution in [0.25, 0.3) is 0 Å². The van der Waals surface area contributed by atoms with Gasteiger partial charge in [0.1, 0.15) is 11.5 Å². The second-order valence-electron chi connectivity index (χ2n) is 4.30. The van der Waals surface area contributed by atoms with Crippen LogP contribution in [0.2, 0.25) is 0 Å². The number of nitrogens with zero attached hydrogens (tertiary/aromatic N) is 2. The monoisotopic (exact) mass is 366 g/mol. The van der Waals surface area contributed by atoms with Crippen LogP contribution in [0.15, 0.2) is 12.1 Å². The number of benzene rings is 1. The summed E-state index contributed by atoms with van der Waals surface area (Å²) in [6.45, 7) is 1.18. The number of rotatable bonds is 3. The highest BCUT2D eigenvalue weighted by molar-refractivity contribution is 14.1. The minimum absolute atomic E-state index is 0.0527. The summed E-state index contributed by atoms with van der Waals surface area (Å²) in [5.74, 6) is -0.351. The first kappa shape index (κ1) is 13.5. The van der Waals surface area contributed by atoms with Gasteiger partial charge >= 0.3 is 0 Å². The van der Waals surface area contributed by atoms with Gasteiger partial charge in [0.15, 0.2) is 0 Å². The third-order valence-electron chi connectivity index (χ3n) is 3.10. The molecule has 2 rings (SSSR count). The fraction of sp³-hybridized carbons (Fsp3) is 0.455. The average Bonchev–Trinajstić information content (AvgIpc) is 2.80. The van der Waals surface area contributed by atoms with E-state index in [9.17, 15) is 14.5 Å². The first-order valence-corrected chi connectivity index (χ1v) is 6.60. The molecule has 1 aliphatic heterocycles. The Morgan fingerprint density at radius 2 is 2.33 bits per heavy atom. The normalized spacial score (nSPS) is 19.3. The minimum atomic E-state index is -0.497. The first-order valence-electron chi connectivity index (χ1n) is 5.52. The molecule has 0 amide bonds. The Balaban J connectivity index is 2.37. The molecule has 1 saturated heterocycles. The molecule has 0 spiro atoms. The van der Waals surface area contributed by atoms with Crippen LogP contribution in [0, 0.1) is 25.4 Å². The molecule has 0 bridgehead atoms. The Bertz CT molecular complexity index is 484. The van der Waals surface area contributed by atoms with Crippen LogP contribution in [0.3, 0.4) is 0 Å². The van der Waals surface area contributed by atoms with Gasteiger partial charge in [0, 0.05) is 37.7 Å². The number of nitro benzene ring substituents is 1. The molecule has 98 valence electrons. The van der Waals surface area contributed by atoms with Gasteiger partial charge in [-0.1, -0.05) is 0 Å². The molecule has 1 aliphatic rings. The molecule has 1 heterocycles. The second kappa shape index (κ2) is 5.35. The van der Waals surface area contributed by atoms with Crippen LogP contribution < -0.4 is 4.90 Å². The van der Waals surface area contributed by atoms with Crippen LogP contribution in [0.4, 0.5) is 15.8 Å². The molecule has 1 aromatic rings. The smallest absolute Gasteiger partial charge is 0.293 e. The Morgan fingerprint density at radius 3 is 2.89 bits per heavy atom. The molecular weight excluding hydrogens is 354 g/mol. The van der Waals surface area contributed by atoms with Crippen molar-refractivity contribution in [2.75, 3.05) is 24.6 Å². The molecule has 5 nitrogen and oxygen atoms in total. The van der Waals surface area contributed by atoms with E-state index in [1.165, 1.54) is 12.1 Å². The van der Waals surface area contributed by atoms with Crippen molar-refractivity contribution < 1.29 is 14.4 Å². The lowest BCUT2D eigenvalue weighted by Gasteiger charge is -2.18. The maximum Gasteiger partial charge on any atom is 0.293 e. The van der Waals surface area contributed by atoms with E-state index >= 15 is 0 Å². The molecule has 1 aromatic carbocycles. The van der Waals surface area contributed by atoms with Gasteiger partial charge in [-0.3, -0.25) is 10.1 Å². The largest absolute Gasteiger partial charge is 0.396 e. The van der Waals surface area contributed by atoms with Gasteiger partial charge in [0.25, 0.3) is 5.69 Å². The van der Waals surface area contributed by atoms with E-state index in [2.05, 4.69) is 0 Å². The number of halogens is 2. The van der Waals surface area contributed by atoms with Crippen LogP contribution in [0.1, 0.15) is 6.42 Å². The summed E-state index contributed by atoms with van der Waals surface area (Å²) in [4.78, 5) is 12.3. The van der Waals surface area contributed by atoms with Crippen LogP contribution >= 0.6 is 22.6 Å². The predicted octanol–water partition coefficient (Wildman–Crippen LogP) is 2.16. The third-order valence-corrected chi connectivity index (χ3v) is 3.93. The van der Waals surface area contributed by atoms with Crippen molar-refractivity contribution in [3.8, 4) is 0 Å². The SMILES string of the molecule is O=[N+]([O-])c1cc(I)c(F)cc1N1CCC(CO)C1. The quantitative estimate of drug-likeness (QED) is 0.506. The van der Waals surface area contributed by atoms with Gasteiger partial charge in [0.05, 0.1) is 8.49 Å². The summed E-state index contributed by atoms with van der Waals surface area (Å²) in [6, 6.07) is 2.46. The fourth-order valence-electron chi connectivity index (χ4n) is 2.13. The first-order chi connectivity index (χ1) is 8.52. The molecule has 0 aliphatic carbocycles. The summed E-state index contributed by atoms with van der Waals surface area (Å²) < 4.78 is 13.8. The maximum atomic E-state index is 13.5. The standard InChI is InChI=1S/C11H12FIN2O3/c12-8-3-10(11(15(17)18)4-9(8)13)14-2-1-7(5-14)6-16/h3-4,7,16H,1-2,5-6H2. The lowest BCUT2D eigenvalue weighted by atomic mass is 10.1. The summed E-state index contributed by atoms with van der Waals surface area (Å²) in [7, 11) is 0. The van der Waals surface area contributed by atoms with Crippen molar-refractivity contribution in [2.45, 2.75) is 6.42 Å². The number of nitro groups is 1. The van der Waals surface area contributed by atoms with Gasteiger partial charge in [-0.2, -0.15) is 0 Å². The van der Waals surface area contributed by atoms with Crippen molar-refractivity contribution in [1.82, 2.24) is 0 Å². The molecule has 0 aromatic heterocycles. The second-order valence-corrected chi connectivity index (χ2v) is 5.46. The van der Waals surface area contributed by atoms with Gasteiger partial charge in [0.2, 0.25) is 0 Å². The lowest BCUT2D eigenvalue weighted by molar-refractivity contribution is -0.384. The van der Waals surface area contributed by atoms with Crippen molar-refractivity contribution in [1.29, 1.82) is 0 Å². The number of hydrogen-bond acceptors (Lipinski definition) is 4. The van der Waals surface area contributed by atoms with Gasteiger partial charge < -0.3 is 10.0 Å². The third kappa shape index (κ3) is 2.56. The fourth-order valence-corrected chi connectivity index (χ4v) is 2.58. The maximum absolute atomic E-state index is 13.5. The molecule has 0 radical (unpaired) electrons. The topological polar surface area (TPSA) is 66.6 Å². The van der Waals surface area contributed by atoms with E-state index in [-0.39, 0.29) is 21.8 Å². The van der Waals surface area contributed by atoms with Crippen molar-refractivity contribution in [3.63, 3.8) is 0 Å². The van der Waals surface area contributed by atoms with E-state index in [4.69, 9.17) is 5.11 Å². The molecule has 1 atom stereocenters.